The minimum Gasteiger partial charge on any atom is -0.340 e. The van der Waals surface area contributed by atoms with E-state index in [-0.39, 0.29) is 42.8 Å². The second kappa shape index (κ2) is 5.58. The summed E-state index contributed by atoms with van der Waals surface area (Å²) >= 11 is 0. The van der Waals surface area contributed by atoms with Crippen LogP contribution in [0.5, 0.6) is 0 Å². The first-order valence-corrected chi connectivity index (χ1v) is 9.76. The molecule has 0 spiro atoms. The number of amides is 1. The van der Waals surface area contributed by atoms with Crippen molar-refractivity contribution in [2.75, 3.05) is 37.7 Å². The zero-order valence-electron chi connectivity index (χ0n) is 11.1. The summed E-state index contributed by atoms with van der Waals surface area (Å²) in [4.78, 5) is 13.6. The Balaban J connectivity index is 1.84. The highest BCUT2D eigenvalue weighted by Gasteiger charge is 2.32. The summed E-state index contributed by atoms with van der Waals surface area (Å²) in [5, 5.41) is 5.02. The van der Waals surface area contributed by atoms with E-state index >= 15 is 0 Å². The second-order valence-electron chi connectivity index (χ2n) is 5.30. The van der Waals surface area contributed by atoms with E-state index in [1.165, 1.54) is 0 Å². The van der Waals surface area contributed by atoms with Gasteiger partial charge < -0.3 is 4.90 Å². The Kier molecular flexibility index (Phi) is 4.38. The first-order chi connectivity index (χ1) is 9.17. The molecule has 2 fully saturated rings. The summed E-state index contributed by atoms with van der Waals surface area (Å²) in [6.45, 7) is 0.977. The molecule has 0 aromatic carbocycles. The number of piperazine rings is 1. The summed E-state index contributed by atoms with van der Waals surface area (Å²) in [6.07, 6.45) is 0.750. The third-order valence-corrected chi connectivity index (χ3v) is 6.66. The van der Waals surface area contributed by atoms with Gasteiger partial charge in [0.25, 0.3) is 10.2 Å². The molecule has 20 heavy (non-hydrogen) atoms. The van der Waals surface area contributed by atoms with Crippen LogP contribution >= 0.6 is 0 Å². The topological polar surface area (TPSA) is 118 Å². The first kappa shape index (κ1) is 15.7. The van der Waals surface area contributed by atoms with Crippen LogP contribution in [-0.2, 0) is 24.8 Å². The van der Waals surface area contributed by atoms with Gasteiger partial charge in [-0.2, -0.15) is 12.7 Å². The third-order valence-electron chi connectivity index (χ3n) is 3.74. The van der Waals surface area contributed by atoms with Crippen molar-refractivity contribution in [1.82, 2.24) is 9.21 Å². The number of hydrogen-bond donors (Lipinski definition) is 1. The molecule has 2 N–H and O–H groups in total. The van der Waals surface area contributed by atoms with E-state index < -0.39 is 20.0 Å². The van der Waals surface area contributed by atoms with Crippen LogP contribution in [0.2, 0.25) is 0 Å². The standard InChI is InChI=1S/C10H19N3O5S2/c11-20(17,18)13-4-2-12(3-5-13)10(14)7-9-1-6-19(15,16)8-9/h9H,1-8H2,(H2,11,17,18). The number of nitrogens with two attached hydrogens (primary N) is 1. The molecule has 2 aliphatic rings. The third kappa shape index (κ3) is 3.90. The SMILES string of the molecule is NS(=O)(=O)N1CCN(C(=O)CC2CCS(=O)(=O)C2)CC1. The fourth-order valence-corrected chi connectivity index (χ4v) is 5.14. The Morgan fingerprint density at radius 2 is 1.80 bits per heavy atom. The van der Waals surface area contributed by atoms with Crippen molar-refractivity contribution in [3.05, 3.63) is 0 Å². The summed E-state index contributed by atoms with van der Waals surface area (Å²) in [5.74, 6) is 0.0185. The molecule has 0 aliphatic carbocycles. The number of carbonyl (C=O) groups excluding carboxylic acids is 1. The van der Waals surface area contributed by atoms with Crippen molar-refractivity contribution >= 4 is 26.0 Å². The number of sulfone groups is 1. The Morgan fingerprint density at radius 1 is 1.20 bits per heavy atom. The lowest BCUT2D eigenvalue weighted by atomic mass is 10.0. The van der Waals surface area contributed by atoms with Crippen molar-refractivity contribution in [1.29, 1.82) is 0 Å². The van der Waals surface area contributed by atoms with E-state index in [2.05, 4.69) is 0 Å². The molecule has 2 aliphatic heterocycles. The highest BCUT2D eigenvalue weighted by Crippen LogP contribution is 2.22. The molecule has 0 radical (unpaired) electrons. The summed E-state index contributed by atoms with van der Waals surface area (Å²) in [7, 11) is -6.67. The highest BCUT2D eigenvalue weighted by molar-refractivity contribution is 7.91. The van der Waals surface area contributed by atoms with Gasteiger partial charge in [0.1, 0.15) is 0 Å². The van der Waals surface area contributed by atoms with Crippen LogP contribution in [0.25, 0.3) is 0 Å². The molecular formula is C10H19N3O5S2. The quantitative estimate of drug-likeness (QED) is 0.654. The van der Waals surface area contributed by atoms with E-state index in [0.717, 1.165) is 4.31 Å². The van der Waals surface area contributed by atoms with Gasteiger partial charge in [-0.1, -0.05) is 0 Å². The number of carbonyl (C=O) groups is 1. The fraction of sp³-hybridized carbons (Fsp3) is 0.900. The monoisotopic (exact) mass is 325 g/mol. The molecule has 2 rings (SSSR count). The molecule has 0 bridgehead atoms. The van der Waals surface area contributed by atoms with Gasteiger partial charge in [-0.25, -0.2) is 13.6 Å². The normalized spacial score (nSPS) is 27.6. The number of hydrogen-bond acceptors (Lipinski definition) is 5. The molecule has 1 unspecified atom stereocenters. The van der Waals surface area contributed by atoms with Crippen LogP contribution in [0, 0.1) is 5.92 Å². The number of nitrogens with zero attached hydrogens (tertiary/aromatic N) is 2. The molecule has 10 heteroatoms. The van der Waals surface area contributed by atoms with E-state index in [0.29, 0.717) is 19.5 Å². The van der Waals surface area contributed by atoms with Crippen LogP contribution in [0.15, 0.2) is 0 Å². The lowest BCUT2D eigenvalue weighted by Gasteiger charge is -2.33. The van der Waals surface area contributed by atoms with Crippen molar-refractivity contribution in [3.8, 4) is 0 Å². The predicted molar refractivity (Wildman–Crippen MR) is 72.6 cm³/mol. The fourth-order valence-electron chi connectivity index (χ4n) is 2.60. The average molecular weight is 325 g/mol. The molecule has 2 heterocycles. The minimum absolute atomic E-state index is 0.0793. The van der Waals surface area contributed by atoms with Crippen LogP contribution in [-0.4, -0.2) is 69.6 Å². The maximum absolute atomic E-state index is 12.1. The lowest BCUT2D eigenvalue weighted by molar-refractivity contribution is -0.133. The van der Waals surface area contributed by atoms with E-state index in [1.807, 2.05) is 0 Å². The maximum atomic E-state index is 12.1. The second-order valence-corrected chi connectivity index (χ2v) is 9.07. The van der Waals surface area contributed by atoms with Gasteiger partial charge in [0.05, 0.1) is 11.5 Å². The van der Waals surface area contributed by atoms with E-state index in [9.17, 15) is 21.6 Å². The molecule has 116 valence electrons. The zero-order valence-corrected chi connectivity index (χ0v) is 12.7. The molecule has 8 nitrogen and oxygen atoms in total. The van der Waals surface area contributed by atoms with Gasteiger partial charge in [-0.05, 0) is 12.3 Å². The van der Waals surface area contributed by atoms with Gasteiger partial charge in [0, 0.05) is 32.6 Å². The predicted octanol–water partition coefficient (Wildman–Crippen LogP) is -1.84. The highest BCUT2D eigenvalue weighted by atomic mass is 32.2. The molecule has 1 amide bonds. The summed E-state index contributed by atoms with van der Waals surface area (Å²) < 4.78 is 46.1. The Hall–Kier alpha value is -0.710. The zero-order chi connectivity index (χ0) is 15.0. The van der Waals surface area contributed by atoms with Gasteiger partial charge >= 0.3 is 0 Å². The van der Waals surface area contributed by atoms with Crippen molar-refractivity contribution < 1.29 is 21.6 Å². The Labute approximate surface area is 119 Å². The van der Waals surface area contributed by atoms with Crippen LogP contribution in [0.1, 0.15) is 12.8 Å². The first-order valence-electron chi connectivity index (χ1n) is 6.43. The van der Waals surface area contributed by atoms with Gasteiger partial charge in [0.2, 0.25) is 5.91 Å². The molecule has 0 saturated carbocycles. The Bertz CT molecular complexity index is 578. The van der Waals surface area contributed by atoms with Crippen LogP contribution < -0.4 is 5.14 Å². The van der Waals surface area contributed by atoms with Crippen LogP contribution in [0.3, 0.4) is 0 Å². The van der Waals surface area contributed by atoms with Crippen molar-refractivity contribution in [3.63, 3.8) is 0 Å². The number of rotatable bonds is 3. The minimum atomic E-state index is -3.70. The van der Waals surface area contributed by atoms with Gasteiger partial charge in [-0.3, -0.25) is 4.79 Å². The van der Waals surface area contributed by atoms with E-state index in [1.54, 1.807) is 4.90 Å². The maximum Gasteiger partial charge on any atom is 0.277 e. The van der Waals surface area contributed by atoms with Gasteiger partial charge in [0.15, 0.2) is 9.84 Å². The molecule has 0 aromatic rings. The molecule has 2 saturated heterocycles. The largest absolute Gasteiger partial charge is 0.340 e. The van der Waals surface area contributed by atoms with Crippen molar-refractivity contribution in [2.24, 2.45) is 11.1 Å². The average Bonchev–Trinajstić information content (AvgIpc) is 2.67. The summed E-state index contributed by atoms with van der Waals surface area (Å²) in [6, 6.07) is 0. The van der Waals surface area contributed by atoms with E-state index in [4.69, 9.17) is 5.14 Å². The molecule has 1 atom stereocenters. The van der Waals surface area contributed by atoms with Gasteiger partial charge in [-0.15, -0.1) is 0 Å². The lowest BCUT2D eigenvalue weighted by Crippen LogP contribution is -2.52. The smallest absolute Gasteiger partial charge is 0.277 e. The molecular weight excluding hydrogens is 306 g/mol. The summed E-state index contributed by atoms with van der Waals surface area (Å²) in [5.41, 5.74) is 0. The van der Waals surface area contributed by atoms with Crippen LogP contribution in [0.4, 0.5) is 0 Å². The van der Waals surface area contributed by atoms with Crippen molar-refractivity contribution in [2.45, 2.75) is 12.8 Å². The Morgan fingerprint density at radius 3 is 2.25 bits per heavy atom. The molecule has 0 aromatic heterocycles.